The maximum Gasteiger partial charge on any atom is 0.314 e. The Labute approximate surface area is 94.6 Å². The first-order valence-electron chi connectivity index (χ1n) is 5.07. The van der Waals surface area contributed by atoms with Gasteiger partial charge < -0.3 is 10.1 Å². The molecule has 0 heterocycles. The molecule has 1 unspecified atom stereocenters. The summed E-state index contributed by atoms with van der Waals surface area (Å²) in [4.78, 5) is 22.1. The Bertz CT molecular complexity index is 362. The summed E-state index contributed by atoms with van der Waals surface area (Å²) >= 11 is 0. The van der Waals surface area contributed by atoms with Gasteiger partial charge in [0.05, 0.1) is 5.92 Å². The average Bonchev–Trinajstić information content (AvgIpc) is 2.28. The molecule has 0 radical (unpaired) electrons. The lowest BCUT2D eigenvalue weighted by atomic mass is 10.0. The molecule has 4 nitrogen and oxygen atoms in total. The maximum absolute atomic E-state index is 11.6. The largest absolute Gasteiger partial charge is 0.444 e. The Balaban J connectivity index is 2.45. The van der Waals surface area contributed by atoms with Crippen LogP contribution in [0.1, 0.15) is 25.3 Å². The Morgan fingerprint density at radius 1 is 1.31 bits per heavy atom. The molecule has 1 rings (SSSR count). The van der Waals surface area contributed by atoms with Gasteiger partial charge in [-0.25, -0.2) is 0 Å². The standard InChI is InChI=1S/C12H15NO3/c1-9(11-6-4-3-5-7-11)12(15)16-8-13-10(2)14/h3-7,9H,8H2,1-2H3,(H,13,14). The van der Waals surface area contributed by atoms with Gasteiger partial charge in [-0.1, -0.05) is 30.3 Å². The highest BCUT2D eigenvalue weighted by atomic mass is 16.5. The van der Waals surface area contributed by atoms with Gasteiger partial charge in [-0.3, -0.25) is 9.59 Å². The quantitative estimate of drug-likeness (QED) is 0.618. The van der Waals surface area contributed by atoms with Crippen molar-refractivity contribution in [1.29, 1.82) is 0 Å². The van der Waals surface area contributed by atoms with Crippen molar-refractivity contribution in [3.63, 3.8) is 0 Å². The van der Waals surface area contributed by atoms with Crippen molar-refractivity contribution >= 4 is 11.9 Å². The molecule has 0 fully saturated rings. The number of benzene rings is 1. The number of esters is 1. The predicted molar refractivity (Wildman–Crippen MR) is 59.6 cm³/mol. The summed E-state index contributed by atoms with van der Waals surface area (Å²) in [6.07, 6.45) is 0. The van der Waals surface area contributed by atoms with Gasteiger partial charge in [-0.2, -0.15) is 0 Å². The third kappa shape index (κ3) is 3.73. The fraction of sp³-hybridized carbons (Fsp3) is 0.333. The molecule has 0 aliphatic rings. The molecule has 4 heteroatoms. The van der Waals surface area contributed by atoms with E-state index in [0.717, 1.165) is 5.56 Å². The summed E-state index contributed by atoms with van der Waals surface area (Å²) in [5, 5.41) is 2.40. The number of hydrogen-bond acceptors (Lipinski definition) is 3. The van der Waals surface area contributed by atoms with Crippen molar-refractivity contribution < 1.29 is 14.3 Å². The summed E-state index contributed by atoms with van der Waals surface area (Å²) in [7, 11) is 0. The number of rotatable bonds is 4. The first-order valence-corrected chi connectivity index (χ1v) is 5.07. The molecule has 0 saturated carbocycles. The van der Waals surface area contributed by atoms with Crippen molar-refractivity contribution in [2.24, 2.45) is 0 Å². The zero-order valence-electron chi connectivity index (χ0n) is 9.40. The van der Waals surface area contributed by atoms with Crippen LogP contribution >= 0.6 is 0 Å². The molecule has 1 aromatic carbocycles. The van der Waals surface area contributed by atoms with E-state index in [4.69, 9.17) is 4.74 Å². The minimum absolute atomic E-state index is 0.0780. The van der Waals surface area contributed by atoms with Crippen LogP contribution in [0.5, 0.6) is 0 Å². The predicted octanol–water partition coefficient (Wildman–Crippen LogP) is 1.43. The lowest BCUT2D eigenvalue weighted by Gasteiger charge is -2.11. The normalized spacial score (nSPS) is 11.6. The molecule has 0 saturated heterocycles. The summed E-state index contributed by atoms with van der Waals surface area (Å²) in [6, 6.07) is 9.35. The van der Waals surface area contributed by atoms with Crippen LogP contribution in [0, 0.1) is 0 Å². The zero-order chi connectivity index (χ0) is 12.0. The number of amides is 1. The van der Waals surface area contributed by atoms with E-state index < -0.39 is 0 Å². The Morgan fingerprint density at radius 3 is 2.50 bits per heavy atom. The van der Waals surface area contributed by atoms with Gasteiger partial charge in [-0.05, 0) is 12.5 Å². The van der Waals surface area contributed by atoms with E-state index in [2.05, 4.69) is 5.32 Å². The topological polar surface area (TPSA) is 55.4 Å². The number of carbonyl (C=O) groups excluding carboxylic acids is 2. The average molecular weight is 221 g/mol. The Hall–Kier alpha value is -1.84. The highest BCUT2D eigenvalue weighted by Gasteiger charge is 2.15. The summed E-state index contributed by atoms with van der Waals surface area (Å²) in [5.74, 6) is -0.893. The smallest absolute Gasteiger partial charge is 0.314 e. The second kappa shape index (κ2) is 5.90. The van der Waals surface area contributed by atoms with Crippen LogP contribution < -0.4 is 5.32 Å². The number of hydrogen-bond donors (Lipinski definition) is 1. The highest BCUT2D eigenvalue weighted by Crippen LogP contribution is 2.15. The van der Waals surface area contributed by atoms with Crippen LogP contribution in [-0.2, 0) is 14.3 Å². The van der Waals surface area contributed by atoms with E-state index in [9.17, 15) is 9.59 Å². The first kappa shape index (κ1) is 12.2. The third-order valence-corrected chi connectivity index (χ3v) is 2.19. The van der Waals surface area contributed by atoms with Gasteiger partial charge in [0.15, 0.2) is 6.73 Å². The van der Waals surface area contributed by atoms with E-state index in [1.54, 1.807) is 6.92 Å². The molecular formula is C12H15NO3. The number of ether oxygens (including phenoxy) is 1. The van der Waals surface area contributed by atoms with Crippen molar-refractivity contribution in [1.82, 2.24) is 5.32 Å². The van der Waals surface area contributed by atoms with Crippen LogP contribution in [0.25, 0.3) is 0 Å². The Morgan fingerprint density at radius 2 is 1.94 bits per heavy atom. The van der Waals surface area contributed by atoms with Gasteiger partial charge in [-0.15, -0.1) is 0 Å². The van der Waals surface area contributed by atoms with E-state index in [0.29, 0.717) is 0 Å². The lowest BCUT2D eigenvalue weighted by Crippen LogP contribution is -2.26. The van der Waals surface area contributed by atoms with Crippen LogP contribution in [0.15, 0.2) is 30.3 Å². The molecule has 0 aromatic heterocycles. The lowest BCUT2D eigenvalue weighted by molar-refractivity contribution is -0.146. The van der Waals surface area contributed by atoms with Gasteiger partial charge in [0.1, 0.15) is 0 Å². The van der Waals surface area contributed by atoms with Crippen molar-refractivity contribution in [3.05, 3.63) is 35.9 Å². The molecule has 1 N–H and O–H groups in total. The molecule has 16 heavy (non-hydrogen) atoms. The number of carbonyl (C=O) groups is 2. The van der Waals surface area contributed by atoms with Crippen LogP contribution in [-0.4, -0.2) is 18.6 Å². The van der Waals surface area contributed by atoms with Crippen molar-refractivity contribution in [2.45, 2.75) is 19.8 Å². The second-order valence-corrected chi connectivity index (χ2v) is 3.47. The summed E-state index contributed by atoms with van der Waals surface area (Å²) in [6.45, 7) is 3.06. The van der Waals surface area contributed by atoms with Crippen LogP contribution in [0.4, 0.5) is 0 Å². The van der Waals surface area contributed by atoms with Crippen LogP contribution in [0.2, 0.25) is 0 Å². The highest BCUT2D eigenvalue weighted by molar-refractivity contribution is 5.78. The van der Waals surface area contributed by atoms with Crippen molar-refractivity contribution in [2.75, 3.05) is 6.73 Å². The number of nitrogens with one attached hydrogen (secondary N) is 1. The monoisotopic (exact) mass is 221 g/mol. The Kier molecular flexibility index (Phi) is 4.51. The zero-order valence-corrected chi connectivity index (χ0v) is 9.40. The fourth-order valence-electron chi connectivity index (χ4n) is 1.21. The summed E-state index contributed by atoms with van der Waals surface area (Å²) in [5.41, 5.74) is 0.898. The van der Waals surface area contributed by atoms with Gasteiger partial charge in [0.2, 0.25) is 5.91 Å². The SMILES string of the molecule is CC(=O)NCOC(=O)C(C)c1ccccc1. The molecule has 0 aliphatic carbocycles. The molecule has 1 aromatic rings. The van der Waals surface area contributed by atoms with E-state index in [-0.39, 0.29) is 24.5 Å². The van der Waals surface area contributed by atoms with Crippen LogP contribution in [0.3, 0.4) is 0 Å². The molecule has 1 amide bonds. The molecule has 0 spiro atoms. The van der Waals surface area contributed by atoms with E-state index >= 15 is 0 Å². The fourth-order valence-corrected chi connectivity index (χ4v) is 1.21. The minimum atomic E-state index is -0.347. The molecule has 0 bridgehead atoms. The second-order valence-electron chi connectivity index (χ2n) is 3.47. The first-order chi connectivity index (χ1) is 7.61. The van der Waals surface area contributed by atoms with Gasteiger partial charge in [0, 0.05) is 6.92 Å². The van der Waals surface area contributed by atoms with E-state index in [1.807, 2.05) is 30.3 Å². The summed E-state index contributed by atoms with van der Waals surface area (Å²) < 4.78 is 4.90. The molecule has 0 aliphatic heterocycles. The van der Waals surface area contributed by atoms with Gasteiger partial charge >= 0.3 is 5.97 Å². The minimum Gasteiger partial charge on any atom is -0.444 e. The molecular weight excluding hydrogens is 206 g/mol. The van der Waals surface area contributed by atoms with E-state index in [1.165, 1.54) is 6.92 Å². The molecule has 1 atom stereocenters. The maximum atomic E-state index is 11.6. The van der Waals surface area contributed by atoms with Gasteiger partial charge in [0.25, 0.3) is 0 Å². The third-order valence-electron chi connectivity index (χ3n) is 2.19. The van der Waals surface area contributed by atoms with Crippen molar-refractivity contribution in [3.8, 4) is 0 Å². The molecule has 86 valence electrons.